The number of hydrogen-bond donors (Lipinski definition) is 4. The molecule has 0 saturated heterocycles. The molecule has 0 aliphatic rings. The second kappa shape index (κ2) is 4.81. The number of nitrogens with two attached hydrogens (primary N) is 1. The number of phenols is 2. The molecule has 1 aromatic carbocycles. The summed E-state index contributed by atoms with van der Waals surface area (Å²) < 4.78 is 0. The lowest BCUT2D eigenvalue weighted by Gasteiger charge is -2.22. The molecule has 0 heterocycles. The van der Waals surface area contributed by atoms with E-state index in [1.165, 1.54) is 25.1 Å². The summed E-state index contributed by atoms with van der Waals surface area (Å²) >= 11 is 6.02. The van der Waals surface area contributed by atoms with Gasteiger partial charge in [0.1, 0.15) is 5.54 Å². The number of benzene rings is 1. The maximum absolute atomic E-state index is 10.8. The first-order valence-corrected chi connectivity index (χ1v) is 5.36. The molecule has 0 amide bonds. The minimum atomic E-state index is -1.44. The Balaban J connectivity index is 2.87. The van der Waals surface area contributed by atoms with Gasteiger partial charge in [0.05, 0.1) is 5.38 Å². The van der Waals surface area contributed by atoms with Gasteiger partial charge in [0, 0.05) is 0 Å². The highest BCUT2D eigenvalue weighted by molar-refractivity contribution is 6.21. The Morgan fingerprint density at radius 1 is 1.47 bits per heavy atom. The second-order valence-corrected chi connectivity index (χ2v) is 4.67. The van der Waals surface area contributed by atoms with Gasteiger partial charge >= 0.3 is 5.97 Å². The fourth-order valence-corrected chi connectivity index (χ4v) is 1.77. The second-order valence-electron chi connectivity index (χ2n) is 4.14. The van der Waals surface area contributed by atoms with Gasteiger partial charge in [-0.25, -0.2) is 0 Å². The molecule has 2 atom stereocenters. The topological polar surface area (TPSA) is 104 Å². The maximum Gasteiger partial charge on any atom is 0.323 e. The summed E-state index contributed by atoms with van der Waals surface area (Å²) in [4.78, 5) is 10.8. The number of halogens is 1. The van der Waals surface area contributed by atoms with E-state index >= 15 is 0 Å². The molecule has 0 spiro atoms. The van der Waals surface area contributed by atoms with E-state index < -0.39 is 16.9 Å². The molecule has 0 aliphatic carbocycles. The highest BCUT2D eigenvalue weighted by Gasteiger charge is 2.31. The lowest BCUT2D eigenvalue weighted by molar-refractivity contribution is -0.142. The summed E-state index contributed by atoms with van der Waals surface area (Å²) in [6.45, 7) is 1.37. The van der Waals surface area contributed by atoms with Crippen LogP contribution in [0.15, 0.2) is 18.2 Å². The molecule has 5 N–H and O–H groups in total. The third-order valence-electron chi connectivity index (χ3n) is 2.45. The van der Waals surface area contributed by atoms with Crippen molar-refractivity contribution >= 4 is 17.6 Å². The van der Waals surface area contributed by atoms with Crippen molar-refractivity contribution < 1.29 is 20.1 Å². The lowest BCUT2D eigenvalue weighted by atomic mass is 9.94. The molecule has 0 saturated carbocycles. The Kier molecular flexibility index (Phi) is 3.85. The molecule has 5 nitrogen and oxygen atoms in total. The summed E-state index contributed by atoms with van der Waals surface area (Å²) in [7, 11) is 0. The Bertz CT molecular complexity index is 433. The normalized spacial score (nSPS) is 16.2. The Labute approximate surface area is 103 Å². The third-order valence-corrected chi connectivity index (χ3v) is 2.86. The van der Waals surface area contributed by atoms with Gasteiger partial charge in [-0.2, -0.15) is 0 Å². The van der Waals surface area contributed by atoms with Crippen molar-refractivity contribution in [3.05, 3.63) is 23.8 Å². The van der Waals surface area contributed by atoms with Crippen LogP contribution in [0.3, 0.4) is 0 Å². The zero-order valence-electron chi connectivity index (χ0n) is 9.22. The zero-order chi connectivity index (χ0) is 13.2. The monoisotopic (exact) mass is 259 g/mol. The third kappa shape index (κ3) is 3.25. The van der Waals surface area contributed by atoms with Crippen LogP contribution < -0.4 is 5.73 Å². The van der Waals surface area contributed by atoms with Crippen LogP contribution in [0.2, 0.25) is 0 Å². The Morgan fingerprint density at radius 3 is 2.53 bits per heavy atom. The van der Waals surface area contributed by atoms with Gasteiger partial charge in [0.15, 0.2) is 11.5 Å². The van der Waals surface area contributed by atoms with E-state index in [1.54, 1.807) is 0 Å². The van der Waals surface area contributed by atoms with Crippen LogP contribution in [-0.2, 0) is 4.79 Å². The first-order chi connectivity index (χ1) is 7.74. The number of rotatable bonds is 4. The van der Waals surface area contributed by atoms with Crippen molar-refractivity contribution in [1.82, 2.24) is 0 Å². The van der Waals surface area contributed by atoms with Crippen molar-refractivity contribution in [2.24, 2.45) is 5.73 Å². The van der Waals surface area contributed by atoms with Crippen LogP contribution in [-0.4, -0.2) is 26.8 Å². The molecular formula is C11H14ClNO4. The molecule has 17 heavy (non-hydrogen) atoms. The van der Waals surface area contributed by atoms with Crippen LogP contribution in [0.5, 0.6) is 11.5 Å². The molecule has 2 unspecified atom stereocenters. The summed E-state index contributed by atoms with van der Waals surface area (Å²) in [5.41, 5.74) is 4.63. The van der Waals surface area contributed by atoms with Gasteiger partial charge in [-0.3, -0.25) is 4.79 Å². The average molecular weight is 260 g/mol. The smallest absolute Gasteiger partial charge is 0.323 e. The lowest BCUT2D eigenvalue weighted by Crippen LogP contribution is -2.45. The van der Waals surface area contributed by atoms with Crippen LogP contribution in [0.1, 0.15) is 24.3 Å². The number of carboxylic acids is 1. The molecule has 0 fully saturated rings. The number of carboxylic acid groups (broad SMARTS) is 1. The quantitative estimate of drug-likeness (QED) is 0.485. The Morgan fingerprint density at radius 2 is 2.06 bits per heavy atom. The number of hydrogen-bond acceptors (Lipinski definition) is 4. The van der Waals surface area contributed by atoms with Crippen molar-refractivity contribution in [1.29, 1.82) is 0 Å². The number of alkyl halides is 1. The minimum absolute atomic E-state index is 0.00804. The van der Waals surface area contributed by atoms with Crippen molar-refractivity contribution in [3.63, 3.8) is 0 Å². The van der Waals surface area contributed by atoms with Crippen molar-refractivity contribution in [2.75, 3.05) is 0 Å². The molecule has 1 rings (SSSR count). The summed E-state index contributed by atoms with van der Waals surface area (Å²) in [5.74, 6) is -1.71. The van der Waals surface area contributed by atoms with Crippen LogP contribution in [0, 0.1) is 0 Å². The SMILES string of the molecule is CC(N)(CC(Cl)c1ccc(O)c(O)c1)C(=O)O. The van der Waals surface area contributed by atoms with E-state index in [1.807, 2.05) is 0 Å². The molecule has 94 valence electrons. The van der Waals surface area contributed by atoms with E-state index in [4.69, 9.17) is 27.5 Å². The molecule has 0 aromatic heterocycles. The number of aliphatic carboxylic acids is 1. The van der Waals surface area contributed by atoms with E-state index in [2.05, 4.69) is 0 Å². The molecule has 0 aliphatic heterocycles. The first kappa shape index (κ1) is 13.6. The molecule has 0 bridgehead atoms. The van der Waals surface area contributed by atoms with E-state index in [0.717, 1.165) is 0 Å². The molecular weight excluding hydrogens is 246 g/mol. The predicted octanol–water partition coefficient (Wildman–Crippen LogP) is 1.57. The molecule has 0 radical (unpaired) electrons. The average Bonchev–Trinajstić information content (AvgIpc) is 2.21. The van der Waals surface area contributed by atoms with Gasteiger partial charge in [-0.05, 0) is 31.0 Å². The largest absolute Gasteiger partial charge is 0.504 e. The fourth-order valence-electron chi connectivity index (χ4n) is 1.31. The van der Waals surface area contributed by atoms with Gasteiger partial charge < -0.3 is 21.1 Å². The molecule has 6 heteroatoms. The van der Waals surface area contributed by atoms with Gasteiger partial charge in [0.2, 0.25) is 0 Å². The minimum Gasteiger partial charge on any atom is -0.504 e. The van der Waals surface area contributed by atoms with E-state index in [0.29, 0.717) is 5.56 Å². The number of phenolic OH excluding ortho intramolecular Hbond substituents is 2. The first-order valence-electron chi connectivity index (χ1n) is 4.92. The highest BCUT2D eigenvalue weighted by atomic mass is 35.5. The van der Waals surface area contributed by atoms with Gasteiger partial charge in [-0.1, -0.05) is 6.07 Å². The van der Waals surface area contributed by atoms with Gasteiger partial charge in [0.25, 0.3) is 0 Å². The van der Waals surface area contributed by atoms with E-state index in [9.17, 15) is 9.90 Å². The van der Waals surface area contributed by atoms with Crippen molar-refractivity contribution in [3.8, 4) is 11.5 Å². The zero-order valence-corrected chi connectivity index (χ0v) is 9.98. The number of carbonyl (C=O) groups is 1. The van der Waals surface area contributed by atoms with Crippen molar-refractivity contribution in [2.45, 2.75) is 24.3 Å². The molecule has 1 aromatic rings. The summed E-state index contributed by atoms with van der Waals surface area (Å²) in [5, 5.41) is 26.6. The fraction of sp³-hybridized carbons (Fsp3) is 0.364. The highest BCUT2D eigenvalue weighted by Crippen LogP contribution is 2.34. The van der Waals surface area contributed by atoms with Gasteiger partial charge in [-0.15, -0.1) is 11.6 Å². The van der Waals surface area contributed by atoms with Crippen LogP contribution in [0.4, 0.5) is 0 Å². The number of aromatic hydroxyl groups is 2. The standard InChI is InChI=1S/C11H14ClNO4/c1-11(13,10(16)17)5-7(12)6-2-3-8(14)9(15)4-6/h2-4,7,14-15H,5,13H2,1H3,(H,16,17). The summed E-state index contributed by atoms with van der Waals surface area (Å²) in [6.07, 6.45) is 0.00804. The van der Waals surface area contributed by atoms with Crippen LogP contribution >= 0.6 is 11.6 Å². The van der Waals surface area contributed by atoms with Crippen LogP contribution in [0.25, 0.3) is 0 Å². The summed E-state index contributed by atoms with van der Waals surface area (Å²) in [6, 6.07) is 4.07. The van der Waals surface area contributed by atoms with E-state index in [-0.39, 0.29) is 17.9 Å². The predicted molar refractivity (Wildman–Crippen MR) is 63.2 cm³/mol. The maximum atomic E-state index is 10.8. The Hall–Kier alpha value is -1.46.